The normalized spacial score (nSPS) is 5.25. The minimum Gasteiger partial charge on any atom is -0.0770 e. The van der Waals surface area contributed by atoms with E-state index in [1.165, 1.54) is 19.0 Å². The van der Waals surface area contributed by atoms with E-state index in [1.807, 2.05) is 0 Å². The van der Waals surface area contributed by atoms with E-state index in [1.54, 1.807) is 0 Å². The molecule has 12 heavy (non-hydrogen) atoms. The molecule has 0 rings (SSSR count). The van der Waals surface area contributed by atoms with Crippen molar-refractivity contribution in [2.24, 2.45) is 0 Å². The van der Waals surface area contributed by atoms with Crippen molar-refractivity contribution in [1.82, 2.24) is 18.5 Å². The van der Waals surface area contributed by atoms with Crippen LogP contribution in [0.5, 0.6) is 0 Å². The zero-order valence-electron chi connectivity index (χ0n) is 7.04. The summed E-state index contributed by atoms with van der Waals surface area (Å²) >= 11 is 0. The van der Waals surface area contributed by atoms with Crippen molar-refractivity contribution >= 4 is 23.5 Å². The first-order chi connectivity index (χ1) is 3.35. The molecule has 6 heteroatoms. The lowest BCUT2D eigenvalue weighted by atomic mass is 9.44. The molecule has 0 heterocycles. The smallest absolute Gasteiger partial charge is 0.0770 e. The van der Waals surface area contributed by atoms with E-state index in [2.05, 4.69) is 20.8 Å². The minimum absolute atomic E-state index is 0. The minimum atomic E-state index is 0. The number of hydrogen-bond acceptors (Lipinski definition) is 0. The molecule has 0 aromatic rings. The number of hydrogen-bond donors (Lipinski definition) is 0. The third-order valence-corrected chi connectivity index (χ3v) is 1.73. The van der Waals surface area contributed by atoms with Gasteiger partial charge in [-0.25, -0.2) is 0 Å². The summed E-state index contributed by atoms with van der Waals surface area (Å²) in [6.45, 7) is 7.77. The summed E-state index contributed by atoms with van der Waals surface area (Å²) in [5, 5.41) is 0. The predicted octanol–water partition coefficient (Wildman–Crippen LogP) is -1.27. The molecule has 0 aromatic heterocycles. The second-order valence-corrected chi connectivity index (χ2v) is 2.09. The monoisotopic (exact) mass is 168 g/mol. The summed E-state index contributed by atoms with van der Waals surface area (Å²) in [6.07, 6.45) is 4.06. The Kier molecular flexibility index (Phi) is 102. The fraction of sp³-hybridized carbons (Fsp3) is 1.00. The highest BCUT2D eigenvalue weighted by Gasteiger charge is 2.01. The molecule has 0 spiro atoms. The molecule has 69 valence electrons. The Morgan fingerprint density at radius 2 is 0.833 bits per heavy atom. The molecule has 0 unspecified atom stereocenters. The van der Waals surface area contributed by atoms with E-state index in [0.717, 1.165) is 6.71 Å². The fourth-order valence-electron chi connectivity index (χ4n) is 0.866. The average molecular weight is 168 g/mol. The first-order valence-electron chi connectivity index (χ1n) is 3.35. The molecule has 0 fully saturated rings. The van der Waals surface area contributed by atoms with Crippen LogP contribution < -0.4 is 18.5 Å². The largest absolute Gasteiger partial charge is 0.139 e. The van der Waals surface area contributed by atoms with Gasteiger partial charge in [0.25, 0.3) is 0 Å². The van der Waals surface area contributed by atoms with Gasteiger partial charge in [-0.3, -0.25) is 0 Å². The first-order valence-corrected chi connectivity index (χ1v) is 3.35. The van der Waals surface area contributed by atoms with E-state index in [9.17, 15) is 0 Å². The van der Waals surface area contributed by atoms with Gasteiger partial charge in [-0.05, 0) is 0 Å². The van der Waals surface area contributed by atoms with Gasteiger partial charge in [0.15, 0.2) is 0 Å². The maximum Gasteiger partial charge on any atom is 0.139 e. The molecular formula is C6H21B3N3. The first kappa shape index (κ1) is 40.1. The quantitative estimate of drug-likeness (QED) is 0.469. The van der Waals surface area contributed by atoms with Crippen LogP contribution in [0.3, 0.4) is 0 Å². The fourth-order valence-corrected chi connectivity index (χ4v) is 0.866. The molecule has 0 N–H and O–H groups in total. The molecule has 0 aliphatic rings. The predicted molar refractivity (Wildman–Crippen MR) is 63.5 cm³/mol. The molecule has 9 radical (unpaired) electrons. The second-order valence-electron chi connectivity index (χ2n) is 2.09. The maximum absolute atomic E-state index is 2.26. The van der Waals surface area contributed by atoms with Crippen LogP contribution in [0.1, 0.15) is 20.8 Å². The van der Waals surface area contributed by atoms with Crippen molar-refractivity contribution in [3.8, 4) is 0 Å². The zero-order valence-corrected chi connectivity index (χ0v) is 7.04. The van der Waals surface area contributed by atoms with E-state index in [0.29, 0.717) is 0 Å². The van der Waals surface area contributed by atoms with Gasteiger partial charge in [-0.2, -0.15) is 0 Å². The van der Waals surface area contributed by atoms with Crippen LogP contribution in [-0.4, -0.2) is 23.5 Å². The summed E-state index contributed by atoms with van der Waals surface area (Å²) in [5.74, 6) is 0. The van der Waals surface area contributed by atoms with E-state index >= 15 is 0 Å². The molecule has 0 saturated heterocycles. The summed E-state index contributed by atoms with van der Waals surface area (Å²) in [6, 6.07) is 0. The van der Waals surface area contributed by atoms with Crippen molar-refractivity contribution in [2.45, 2.75) is 39.7 Å². The summed E-state index contributed by atoms with van der Waals surface area (Å²) in [5.41, 5.74) is 0. The highest BCUT2D eigenvalue weighted by Crippen LogP contribution is 2.01. The Balaban J connectivity index is -0.0000000180. The Hall–Kier alpha value is 0.0748. The van der Waals surface area contributed by atoms with Gasteiger partial charge in [0, 0.05) is 18.5 Å². The lowest BCUT2D eigenvalue weighted by Gasteiger charge is -2.00. The Morgan fingerprint density at radius 3 is 0.833 bits per heavy atom. The van der Waals surface area contributed by atoms with Gasteiger partial charge in [-0.1, -0.05) is 39.7 Å². The maximum atomic E-state index is 2.26. The summed E-state index contributed by atoms with van der Waals surface area (Å²) < 4.78 is 0. The molecule has 3 nitrogen and oxygen atoms in total. The van der Waals surface area contributed by atoms with Crippen molar-refractivity contribution in [3.05, 3.63) is 0 Å². The van der Waals surface area contributed by atoms with Crippen LogP contribution in [0.15, 0.2) is 0 Å². The highest BCUT2D eigenvalue weighted by atomic mass is 14.0. The van der Waals surface area contributed by atoms with Gasteiger partial charge in [0.2, 0.25) is 0 Å². The topological polar surface area (TPSA) is 91.5 Å². The third kappa shape index (κ3) is 22.5. The molecule has 0 atom stereocenters. The Bertz CT molecular complexity index is 39.5. The van der Waals surface area contributed by atoms with Crippen LogP contribution in [0.2, 0.25) is 19.0 Å². The van der Waals surface area contributed by atoms with Gasteiger partial charge >= 0.3 is 0 Å². The summed E-state index contributed by atoms with van der Waals surface area (Å²) in [7, 11) is 0. The highest BCUT2D eigenvalue weighted by molar-refractivity contribution is 6.58. The van der Waals surface area contributed by atoms with Crippen molar-refractivity contribution in [3.63, 3.8) is 0 Å². The van der Waals surface area contributed by atoms with Crippen molar-refractivity contribution in [2.75, 3.05) is 0 Å². The molecule has 0 amide bonds. The lowest BCUT2D eigenvalue weighted by Crippen LogP contribution is -2.04. The van der Waals surface area contributed by atoms with Gasteiger partial charge < -0.3 is 0 Å². The van der Waals surface area contributed by atoms with Gasteiger partial charge in [0.1, 0.15) is 6.71 Å². The van der Waals surface area contributed by atoms with Crippen molar-refractivity contribution < 1.29 is 0 Å². The number of rotatable bonds is 3. The molecular weight excluding hydrogens is 147 g/mol. The molecule has 0 bridgehead atoms. The lowest BCUT2D eigenvalue weighted by molar-refractivity contribution is 1.24. The van der Waals surface area contributed by atoms with E-state index < -0.39 is 0 Å². The number of nitrogens with zero attached hydrogens (tertiary/aromatic N) is 3. The molecule has 0 aliphatic heterocycles. The Labute approximate surface area is 82.4 Å². The van der Waals surface area contributed by atoms with Crippen LogP contribution in [-0.2, 0) is 0 Å². The average Bonchev–Trinajstić information content (AvgIpc) is 1.72. The van der Waals surface area contributed by atoms with Crippen molar-refractivity contribution in [1.29, 1.82) is 0 Å². The third-order valence-electron chi connectivity index (χ3n) is 1.73. The Morgan fingerprint density at radius 1 is 0.667 bits per heavy atom. The van der Waals surface area contributed by atoms with Crippen LogP contribution in [0.4, 0.5) is 0 Å². The molecule has 0 aromatic carbocycles. The van der Waals surface area contributed by atoms with Crippen LogP contribution in [0, 0.1) is 0 Å². The second kappa shape index (κ2) is 30.5. The standard InChI is InChI=1S/C6H15B.2BH3.3N/c1-4-7(5-2)6-3;;;;;/h4-6H2,1-3H3;2*1H3;;;. The van der Waals surface area contributed by atoms with Gasteiger partial charge in [0.05, 0.1) is 16.8 Å². The van der Waals surface area contributed by atoms with Gasteiger partial charge in [-0.15, -0.1) is 0 Å². The molecule has 0 saturated carbocycles. The zero-order chi connectivity index (χ0) is 5.70. The summed E-state index contributed by atoms with van der Waals surface area (Å²) in [4.78, 5) is 0. The van der Waals surface area contributed by atoms with Crippen LogP contribution in [0.25, 0.3) is 0 Å². The van der Waals surface area contributed by atoms with Crippen LogP contribution >= 0.6 is 0 Å². The van der Waals surface area contributed by atoms with E-state index in [-0.39, 0.29) is 35.3 Å². The van der Waals surface area contributed by atoms with E-state index in [4.69, 9.17) is 0 Å². The SMILES string of the molecule is B.B.CCB(CC)CC.[N].[N].[N]. The molecule has 0 aliphatic carbocycles.